The van der Waals surface area contributed by atoms with Crippen molar-refractivity contribution >= 4 is 53.3 Å². The molecule has 3 heterocycles. The summed E-state index contributed by atoms with van der Waals surface area (Å²) in [4.78, 5) is 15.9. The Balaban J connectivity index is 1.04. The molecule has 0 N–H and O–H groups in total. The van der Waals surface area contributed by atoms with Crippen molar-refractivity contribution < 1.29 is 0 Å². The molecule has 0 spiro atoms. The van der Waals surface area contributed by atoms with E-state index in [1.165, 1.54) is 58.8 Å². The van der Waals surface area contributed by atoms with Crippen molar-refractivity contribution in [2.75, 3.05) is 0 Å². The number of hydrogen-bond donors (Lipinski definition) is 0. The molecule has 0 amide bonds. The summed E-state index contributed by atoms with van der Waals surface area (Å²) in [6.45, 7) is 0. The summed E-state index contributed by atoms with van der Waals surface area (Å²) >= 11 is 1.85. The van der Waals surface area contributed by atoms with Gasteiger partial charge in [-0.05, 0) is 80.9 Å². The molecule has 5 heteroatoms. The average molecular weight is 885 g/mol. The van der Waals surface area contributed by atoms with Crippen LogP contribution in [0.5, 0.6) is 0 Å². The first kappa shape index (κ1) is 39.6. The highest BCUT2D eigenvalue weighted by Crippen LogP contribution is 2.44. The summed E-state index contributed by atoms with van der Waals surface area (Å²) in [5.41, 5.74) is 15.2. The van der Waals surface area contributed by atoms with Crippen LogP contribution in [0.3, 0.4) is 0 Å². The molecule has 0 radical (unpaired) electrons. The average Bonchev–Trinajstić information content (AvgIpc) is 3.97. The Morgan fingerprint density at radius 2 is 0.794 bits per heavy atom. The lowest BCUT2D eigenvalue weighted by molar-refractivity contribution is 1.06. The van der Waals surface area contributed by atoms with Crippen LogP contribution in [0.1, 0.15) is 0 Å². The third-order valence-electron chi connectivity index (χ3n) is 13.1. The van der Waals surface area contributed by atoms with Gasteiger partial charge in [0.15, 0.2) is 17.5 Å². The van der Waals surface area contributed by atoms with Crippen molar-refractivity contribution in [3.05, 3.63) is 243 Å². The predicted molar refractivity (Wildman–Crippen MR) is 285 cm³/mol. The maximum atomic E-state index is 5.40. The number of hydrogen-bond acceptors (Lipinski definition) is 4. The van der Waals surface area contributed by atoms with E-state index >= 15 is 0 Å². The SMILES string of the molecule is c1ccc(-c2ccc(-c3nc(-c4ccccc4)nc(-c4ccc(-c5cccc6c5sc5ccccc56)cc4)n3)c(-n3c4ccc(-c5ccccc5)cc4c4c(-c5ccccc5)cccc43)c2)cc1. The van der Waals surface area contributed by atoms with Gasteiger partial charge in [-0.1, -0.05) is 206 Å². The molecular formula is C63H40N4S. The van der Waals surface area contributed by atoms with Gasteiger partial charge in [0.05, 0.1) is 16.7 Å². The molecule has 0 aliphatic rings. The summed E-state index contributed by atoms with van der Waals surface area (Å²) in [5, 5.41) is 4.94. The molecule has 4 nitrogen and oxygen atoms in total. The Morgan fingerprint density at radius 3 is 1.50 bits per heavy atom. The monoisotopic (exact) mass is 884 g/mol. The third kappa shape index (κ3) is 6.88. The summed E-state index contributed by atoms with van der Waals surface area (Å²) < 4.78 is 5.00. The van der Waals surface area contributed by atoms with E-state index in [1.807, 2.05) is 29.5 Å². The van der Waals surface area contributed by atoms with E-state index in [4.69, 9.17) is 15.0 Å². The molecule has 0 aliphatic heterocycles. The molecule has 0 saturated carbocycles. The van der Waals surface area contributed by atoms with Crippen LogP contribution in [-0.4, -0.2) is 19.5 Å². The van der Waals surface area contributed by atoms with Gasteiger partial charge < -0.3 is 4.57 Å². The van der Waals surface area contributed by atoms with E-state index in [0.29, 0.717) is 17.5 Å². The van der Waals surface area contributed by atoms with Crippen molar-refractivity contribution in [2.45, 2.75) is 0 Å². The van der Waals surface area contributed by atoms with Gasteiger partial charge >= 0.3 is 0 Å². The first-order valence-electron chi connectivity index (χ1n) is 22.9. The molecule has 318 valence electrons. The van der Waals surface area contributed by atoms with Gasteiger partial charge in [-0.25, -0.2) is 15.0 Å². The molecule has 10 aromatic carbocycles. The van der Waals surface area contributed by atoms with Crippen LogP contribution < -0.4 is 0 Å². The Hall–Kier alpha value is -8.77. The van der Waals surface area contributed by atoms with E-state index in [9.17, 15) is 0 Å². The number of fused-ring (bicyclic) bond motifs is 6. The smallest absolute Gasteiger partial charge is 0.166 e. The normalized spacial score (nSPS) is 11.5. The molecule has 0 atom stereocenters. The molecule has 0 aliphatic carbocycles. The van der Waals surface area contributed by atoms with E-state index in [2.05, 4.69) is 229 Å². The van der Waals surface area contributed by atoms with Crippen molar-refractivity contribution in [1.82, 2.24) is 19.5 Å². The second-order valence-corrected chi connectivity index (χ2v) is 18.2. The minimum absolute atomic E-state index is 0.595. The van der Waals surface area contributed by atoms with Gasteiger partial charge in [-0.3, -0.25) is 0 Å². The van der Waals surface area contributed by atoms with Crippen molar-refractivity contribution in [3.63, 3.8) is 0 Å². The Labute approximate surface area is 397 Å². The quantitative estimate of drug-likeness (QED) is 0.153. The van der Waals surface area contributed by atoms with Crippen molar-refractivity contribution in [3.8, 4) is 84.4 Å². The Bertz CT molecular complexity index is 3990. The van der Waals surface area contributed by atoms with Gasteiger partial charge in [0, 0.05) is 47.6 Å². The molecule has 13 aromatic rings. The van der Waals surface area contributed by atoms with Gasteiger partial charge in [0.25, 0.3) is 0 Å². The molecule has 0 unspecified atom stereocenters. The van der Waals surface area contributed by atoms with Gasteiger partial charge in [-0.2, -0.15) is 0 Å². The zero-order chi connectivity index (χ0) is 45.0. The summed E-state index contributed by atoms with van der Waals surface area (Å²) in [6, 6.07) is 86.4. The predicted octanol–water partition coefficient (Wildman–Crippen LogP) is 17.0. The van der Waals surface area contributed by atoms with Crippen LogP contribution in [0.2, 0.25) is 0 Å². The maximum absolute atomic E-state index is 5.40. The second-order valence-electron chi connectivity index (χ2n) is 17.1. The molecule has 68 heavy (non-hydrogen) atoms. The summed E-state index contributed by atoms with van der Waals surface area (Å²) in [5.74, 6) is 1.82. The summed E-state index contributed by atoms with van der Waals surface area (Å²) in [6.07, 6.45) is 0. The molecule has 0 fully saturated rings. The third-order valence-corrected chi connectivity index (χ3v) is 14.3. The van der Waals surface area contributed by atoms with E-state index in [1.54, 1.807) is 0 Å². The highest BCUT2D eigenvalue weighted by atomic mass is 32.1. The fourth-order valence-corrected chi connectivity index (χ4v) is 11.1. The van der Waals surface area contributed by atoms with E-state index in [-0.39, 0.29) is 0 Å². The molecule has 13 rings (SSSR count). The van der Waals surface area contributed by atoms with Crippen molar-refractivity contribution in [2.24, 2.45) is 0 Å². The largest absolute Gasteiger partial charge is 0.308 e. The maximum Gasteiger partial charge on any atom is 0.166 e. The van der Waals surface area contributed by atoms with Crippen LogP contribution in [0.4, 0.5) is 0 Å². The van der Waals surface area contributed by atoms with Crippen molar-refractivity contribution in [1.29, 1.82) is 0 Å². The molecule has 0 bridgehead atoms. The molecule has 0 saturated heterocycles. The zero-order valence-electron chi connectivity index (χ0n) is 36.8. The molecular weight excluding hydrogens is 845 g/mol. The Morgan fingerprint density at radius 1 is 0.294 bits per heavy atom. The number of benzene rings is 10. The Kier molecular flexibility index (Phi) is 9.66. The lowest BCUT2D eigenvalue weighted by Gasteiger charge is -2.17. The summed E-state index contributed by atoms with van der Waals surface area (Å²) in [7, 11) is 0. The second kappa shape index (κ2) is 16.6. The standard InChI is InChI=1S/C63H40N4S/c1-5-17-41(18-6-1)47-36-38-55-54(39-47)59-49(43-21-9-3-10-22-43)26-16-29-56(59)67(55)57-40-48(42-19-7-2-8-20-42)35-37-53(57)63-65-61(45-23-11-4-12-24-45)64-62(66-63)46-33-31-44(32-34-46)50-27-15-28-52-51-25-13-14-30-58(51)68-60(50)52/h1-40H. The highest BCUT2D eigenvalue weighted by molar-refractivity contribution is 7.26. The first-order chi connectivity index (χ1) is 33.7. The zero-order valence-corrected chi connectivity index (χ0v) is 37.6. The number of thiophene rings is 1. The van der Waals surface area contributed by atoms with Gasteiger partial charge in [0.2, 0.25) is 0 Å². The highest BCUT2D eigenvalue weighted by Gasteiger charge is 2.23. The topological polar surface area (TPSA) is 43.6 Å². The van der Waals surface area contributed by atoms with Crippen LogP contribution in [0.15, 0.2) is 243 Å². The fourth-order valence-electron chi connectivity index (χ4n) is 9.83. The first-order valence-corrected chi connectivity index (χ1v) is 23.7. The number of aromatic nitrogens is 4. The lowest BCUT2D eigenvalue weighted by Crippen LogP contribution is -2.04. The minimum atomic E-state index is 0.595. The fraction of sp³-hybridized carbons (Fsp3) is 0. The van der Waals surface area contributed by atoms with Crippen LogP contribution in [0, 0.1) is 0 Å². The number of rotatable bonds is 8. The van der Waals surface area contributed by atoms with Gasteiger partial charge in [0.1, 0.15) is 0 Å². The van der Waals surface area contributed by atoms with E-state index in [0.717, 1.165) is 50.1 Å². The van der Waals surface area contributed by atoms with Crippen LogP contribution in [0.25, 0.3) is 126 Å². The number of nitrogens with zero attached hydrogens (tertiary/aromatic N) is 4. The van der Waals surface area contributed by atoms with Crippen LogP contribution in [-0.2, 0) is 0 Å². The lowest BCUT2D eigenvalue weighted by atomic mass is 9.97. The molecule has 3 aromatic heterocycles. The van der Waals surface area contributed by atoms with Gasteiger partial charge in [-0.15, -0.1) is 11.3 Å². The van der Waals surface area contributed by atoms with Crippen LogP contribution >= 0.6 is 11.3 Å². The minimum Gasteiger partial charge on any atom is -0.308 e. The van der Waals surface area contributed by atoms with E-state index < -0.39 is 0 Å².